The number of nitrogens with zero attached hydrogens (tertiary/aromatic N) is 2. The van der Waals surface area contributed by atoms with Crippen LogP contribution in [-0.4, -0.2) is 94.7 Å². The molecule has 13 nitrogen and oxygen atoms in total. The van der Waals surface area contributed by atoms with Gasteiger partial charge >= 0.3 is 5.97 Å². The lowest BCUT2D eigenvalue weighted by atomic mass is 9.93. The predicted molar refractivity (Wildman–Crippen MR) is 172 cm³/mol. The van der Waals surface area contributed by atoms with Crippen molar-refractivity contribution in [2.45, 2.75) is 82.1 Å². The van der Waals surface area contributed by atoms with Crippen molar-refractivity contribution in [3.8, 4) is 11.5 Å². The van der Waals surface area contributed by atoms with Crippen molar-refractivity contribution in [1.29, 1.82) is 0 Å². The number of piperidine rings is 1. The lowest BCUT2D eigenvalue weighted by Crippen LogP contribution is -2.58. The molecule has 1 saturated carbocycles. The van der Waals surface area contributed by atoms with Gasteiger partial charge in [-0.05, 0) is 68.4 Å². The summed E-state index contributed by atoms with van der Waals surface area (Å²) in [4.78, 5) is 29.9. The Morgan fingerprint density at radius 2 is 1.81 bits per heavy atom. The number of nitrogens with one attached hydrogen (secondary N) is 1. The molecule has 0 amide bonds. The van der Waals surface area contributed by atoms with Crippen molar-refractivity contribution >= 4 is 11.7 Å². The minimum Gasteiger partial charge on any atom is -0.490 e. The Morgan fingerprint density at radius 3 is 2.60 bits per heavy atom. The van der Waals surface area contributed by atoms with E-state index in [1.165, 1.54) is 0 Å². The Kier molecular flexibility index (Phi) is 13.3. The second-order valence-electron chi connectivity index (χ2n) is 12.1. The van der Waals surface area contributed by atoms with E-state index in [0.717, 1.165) is 67.9 Å². The molecule has 1 aliphatic carbocycles. The quantitative estimate of drug-likeness (QED) is 0.113. The van der Waals surface area contributed by atoms with Crippen molar-refractivity contribution < 1.29 is 43.1 Å². The fraction of sp³-hybridized carbons (Fsp3) is 0.618. The fourth-order valence-corrected chi connectivity index (χ4v) is 6.30. The van der Waals surface area contributed by atoms with E-state index in [4.69, 9.17) is 28.4 Å². The zero-order valence-corrected chi connectivity index (χ0v) is 27.1. The van der Waals surface area contributed by atoms with E-state index in [2.05, 4.69) is 21.1 Å². The Labute approximate surface area is 275 Å². The lowest BCUT2D eigenvalue weighted by molar-refractivity contribution is -0.757. The average Bonchev–Trinajstić information content (AvgIpc) is 3.08. The van der Waals surface area contributed by atoms with Crippen molar-refractivity contribution in [3.05, 3.63) is 64.2 Å². The lowest BCUT2D eigenvalue weighted by Gasteiger charge is -2.41. The summed E-state index contributed by atoms with van der Waals surface area (Å²) in [5.41, 5.74) is 2.05. The number of benzene rings is 2. The molecule has 0 spiro atoms. The minimum absolute atomic E-state index is 0.00257. The van der Waals surface area contributed by atoms with E-state index in [0.29, 0.717) is 32.9 Å². The maximum absolute atomic E-state index is 12.7. The molecular weight excluding hydrogens is 610 g/mol. The third-order valence-corrected chi connectivity index (χ3v) is 8.67. The summed E-state index contributed by atoms with van der Waals surface area (Å²) in [7, 11) is 1.71. The zero-order valence-electron chi connectivity index (χ0n) is 27.1. The number of para-hydroxylation sites is 1. The highest BCUT2D eigenvalue weighted by Crippen LogP contribution is 2.34. The van der Waals surface area contributed by atoms with E-state index in [-0.39, 0.29) is 37.8 Å². The SMILES string of the molecule is COCCCN1CCOc2ccc(COC3CNCC(OC(=O)CCCO[N+](=O)[O-])C3OC3CCC(Oc4ccccc4)CC3)cc21. The molecule has 2 aromatic rings. The molecule has 0 bridgehead atoms. The summed E-state index contributed by atoms with van der Waals surface area (Å²) in [6.07, 6.45) is 3.10. The highest BCUT2D eigenvalue weighted by Gasteiger charge is 2.40. The normalized spacial score (nSPS) is 24.1. The van der Waals surface area contributed by atoms with E-state index < -0.39 is 23.3 Å². The molecule has 2 aliphatic heterocycles. The van der Waals surface area contributed by atoms with Crippen LogP contribution in [0.1, 0.15) is 50.5 Å². The average molecular weight is 658 g/mol. The molecule has 5 rings (SSSR count). The molecule has 13 heteroatoms. The topological polar surface area (TPSA) is 140 Å². The first kappa shape index (κ1) is 34.7. The van der Waals surface area contributed by atoms with Crippen molar-refractivity contribution in [2.24, 2.45) is 0 Å². The molecule has 0 radical (unpaired) electrons. The second-order valence-corrected chi connectivity index (χ2v) is 12.1. The van der Waals surface area contributed by atoms with Crippen molar-refractivity contribution in [1.82, 2.24) is 5.32 Å². The first-order valence-corrected chi connectivity index (χ1v) is 16.6. The standard InChI is InChI=1S/C34H47N3O10/c1-41-18-6-16-36-17-20-42-30-15-10-25(21-29(30)36)24-43-31-22-35-23-32(47-33(38)9-5-19-44-37(39)40)34(31)46-28-13-11-27(12-14-28)45-26-7-3-2-4-8-26/h2-4,7-8,10,15,21,27-28,31-32,34-35H,5-6,9,11-14,16-20,22-24H2,1H3. The van der Waals surface area contributed by atoms with Crippen LogP contribution in [0.4, 0.5) is 5.69 Å². The van der Waals surface area contributed by atoms with Crippen molar-refractivity contribution in [2.75, 3.05) is 58.0 Å². The van der Waals surface area contributed by atoms with Crippen LogP contribution in [0, 0.1) is 10.1 Å². The number of carbonyl (C=O) groups is 1. The Hall–Kier alpha value is -3.65. The van der Waals surface area contributed by atoms with Gasteiger partial charge in [-0.15, -0.1) is 10.1 Å². The molecule has 2 aromatic carbocycles. The van der Waals surface area contributed by atoms with Crippen LogP contribution in [0.5, 0.6) is 11.5 Å². The number of hydrogen-bond donors (Lipinski definition) is 1. The molecule has 3 aliphatic rings. The smallest absolute Gasteiger partial charge is 0.306 e. The predicted octanol–water partition coefficient (Wildman–Crippen LogP) is 4.09. The van der Waals surface area contributed by atoms with Gasteiger partial charge in [0.1, 0.15) is 36.4 Å². The van der Waals surface area contributed by atoms with Gasteiger partial charge in [0.2, 0.25) is 0 Å². The second kappa shape index (κ2) is 18.0. The minimum atomic E-state index is -0.865. The van der Waals surface area contributed by atoms with Gasteiger partial charge in [0, 0.05) is 39.8 Å². The van der Waals surface area contributed by atoms with Gasteiger partial charge < -0.3 is 43.5 Å². The van der Waals surface area contributed by atoms with Crippen molar-refractivity contribution in [3.63, 3.8) is 0 Å². The number of anilines is 1. The van der Waals surface area contributed by atoms with Crippen LogP contribution in [0.3, 0.4) is 0 Å². The van der Waals surface area contributed by atoms with Crippen LogP contribution < -0.4 is 19.7 Å². The third kappa shape index (κ3) is 10.7. The van der Waals surface area contributed by atoms with Gasteiger partial charge in [0.05, 0.1) is 37.7 Å². The van der Waals surface area contributed by atoms with Crippen LogP contribution in [0.15, 0.2) is 48.5 Å². The van der Waals surface area contributed by atoms with Crippen LogP contribution in [0.25, 0.3) is 0 Å². The Bertz CT molecular complexity index is 1260. The first-order chi connectivity index (χ1) is 23.0. The zero-order chi connectivity index (χ0) is 32.8. The first-order valence-electron chi connectivity index (χ1n) is 16.6. The molecule has 1 N–H and O–H groups in total. The number of hydrogen-bond acceptors (Lipinski definition) is 12. The third-order valence-electron chi connectivity index (χ3n) is 8.67. The number of fused-ring (bicyclic) bond motifs is 1. The molecular formula is C34H47N3O10. The fourth-order valence-electron chi connectivity index (χ4n) is 6.30. The molecule has 2 fully saturated rings. The highest BCUT2D eigenvalue weighted by molar-refractivity contribution is 5.69. The Morgan fingerprint density at radius 1 is 1.02 bits per heavy atom. The van der Waals surface area contributed by atoms with Crippen LogP contribution in [-0.2, 0) is 35.2 Å². The van der Waals surface area contributed by atoms with Gasteiger partial charge in [-0.1, -0.05) is 24.3 Å². The van der Waals surface area contributed by atoms with E-state index >= 15 is 0 Å². The molecule has 47 heavy (non-hydrogen) atoms. The number of ether oxygens (including phenoxy) is 6. The summed E-state index contributed by atoms with van der Waals surface area (Å²) in [5.74, 6) is 1.27. The van der Waals surface area contributed by atoms with Gasteiger partial charge in [-0.3, -0.25) is 4.79 Å². The van der Waals surface area contributed by atoms with Gasteiger partial charge in [-0.2, -0.15) is 0 Å². The van der Waals surface area contributed by atoms with Gasteiger partial charge in [-0.25, -0.2) is 0 Å². The monoisotopic (exact) mass is 657 g/mol. The van der Waals surface area contributed by atoms with E-state index in [9.17, 15) is 14.9 Å². The summed E-state index contributed by atoms with van der Waals surface area (Å²) in [6, 6.07) is 16.0. The number of rotatable bonds is 17. The largest absolute Gasteiger partial charge is 0.490 e. The maximum atomic E-state index is 12.7. The summed E-state index contributed by atoms with van der Waals surface area (Å²) in [6.45, 7) is 4.17. The molecule has 3 atom stereocenters. The maximum Gasteiger partial charge on any atom is 0.306 e. The summed E-state index contributed by atoms with van der Waals surface area (Å²) in [5, 5.41) is 12.9. The van der Waals surface area contributed by atoms with Crippen LogP contribution in [0.2, 0.25) is 0 Å². The number of esters is 1. The number of methoxy groups -OCH3 is 1. The highest BCUT2D eigenvalue weighted by atomic mass is 16.9. The van der Waals surface area contributed by atoms with Gasteiger partial charge in [0.25, 0.3) is 5.09 Å². The molecule has 3 unspecified atom stereocenters. The molecule has 2 heterocycles. The summed E-state index contributed by atoms with van der Waals surface area (Å²) < 4.78 is 36.4. The van der Waals surface area contributed by atoms with Crippen LogP contribution >= 0.6 is 0 Å². The summed E-state index contributed by atoms with van der Waals surface area (Å²) >= 11 is 0. The Balaban J connectivity index is 1.21. The van der Waals surface area contributed by atoms with E-state index in [1.807, 2.05) is 42.5 Å². The molecule has 1 saturated heterocycles. The molecule has 258 valence electrons. The van der Waals surface area contributed by atoms with Gasteiger partial charge in [0.15, 0.2) is 0 Å². The molecule has 0 aromatic heterocycles. The number of carbonyl (C=O) groups excluding carboxylic acids is 1. The van der Waals surface area contributed by atoms with E-state index in [1.54, 1.807) is 7.11 Å².